The summed E-state index contributed by atoms with van der Waals surface area (Å²) in [4.78, 5) is 9.88. The number of nitrogens with two attached hydrogens (primary N) is 1. The van der Waals surface area contributed by atoms with Gasteiger partial charge in [0.05, 0.1) is 12.4 Å². The van der Waals surface area contributed by atoms with Gasteiger partial charge >= 0.3 is 16.3 Å². The molecular weight excluding hydrogens is 177 g/mol. The maximum atomic E-state index is 11.7. The van der Waals surface area contributed by atoms with Crippen LogP contribution in [0.3, 0.4) is 0 Å². The molecule has 0 aliphatic rings. The minimum absolute atomic E-state index is 0.0816. The lowest BCUT2D eigenvalue weighted by atomic mass is 10.5. The van der Waals surface area contributed by atoms with Crippen molar-refractivity contribution in [3.05, 3.63) is 0 Å². The van der Waals surface area contributed by atoms with Crippen molar-refractivity contribution >= 4 is 16.3 Å². The molecule has 0 radical (unpaired) electrons. The molecule has 0 rings (SSSR count). The highest BCUT2D eigenvalue weighted by Crippen LogP contribution is 1.94. The number of amides is 1. The number of hydrogen-bond donors (Lipinski definition) is 1. The summed E-state index contributed by atoms with van der Waals surface area (Å²) < 4.78 is 35.5. The summed E-state index contributed by atoms with van der Waals surface area (Å²) in [6.07, 6.45) is -1.08. The molecule has 7 heteroatoms. The van der Waals surface area contributed by atoms with Crippen LogP contribution in [0.15, 0.2) is 0 Å². The first-order valence-electron chi connectivity index (χ1n) is 2.76. The molecule has 0 aromatic carbocycles. The van der Waals surface area contributed by atoms with Crippen LogP contribution in [0.5, 0.6) is 0 Å². The zero-order valence-corrected chi connectivity index (χ0v) is 6.43. The molecule has 0 bridgehead atoms. The first kappa shape index (κ1) is 10.2. The van der Waals surface area contributed by atoms with Crippen molar-refractivity contribution in [2.45, 2.75) is 6.42 Å². The topological polar surface area (TPSA) is 86.5 Å². The van der Waals surface area contributed by atoms with Gasteiger partial charge in [-0.05, 0) is 6.42 Å². The van der Waals surface area contributed by atoms with E-state index in [2.05, 4.69) is 10.5 Å². The summed E-state index contributed by atoms with van der Waals surface area (Å²) in [6.45, 7) is -0.182. The van der Waals surface area contributed by atoms with Gasteiger partial charge in [-0.25, -0.2) is 4.79 Å². The summed E-state index contributed by atoms with van der Waals surface area (Å²) in [5.41, 5.74) is 4.54. The highest BCUT2D eigenvalue weighted by molar-refractivity contribution is 7.86. The maximum Gasteiger partial charge on any atom is 0.404 e. The summed E-state index contributed by atoms with van der Waals surface area (Å²) in [5.74, 6) is -0.653. The predicted octanol–water partition coefficient (Wildman–Crippen LogP) is -0.229. The molecule has 0 aromatic heterocycles. The predicted molar refractivity (Wildman–Crippen MR) is 35.0 cm³/mol. The van der Waals surface area contributed by atoms with Gasteiger partial charge in [-0.3, -0.25) is 0 Å². The molecule has 0 saturated heterocycles. The van der Waals surface area contributed by atoms with Gasteiger partial charge in [-0.2, -0.15) is 8.42 Å². The van der Waals surface area contributed by atoms with Crippen molar-refractivity contribution in [1.82, 2.24) is 0 Å². The van der Waals surface area contributed by atoms with E-state index >= 15 is 0 Å². The van der Waals surface area contributed by atoms with Gasteiger partial charge in [0.1, 0.15) is 0 Å². The Kier molecular flexibility index (Phi) is 3.80. The Morgan fingerprint density at radius 2 is 2.09 bits per heavy atom. The number of ether oxygens (including phenoxy) is 1. The fraction of sp³-hybridized carbons (Fsp3) is 0.750. The molecule has 1 amide bonds. The third-order valence-electron chi connectivity index (χ3n) is 0.777. The number of rotatable bonds is 4. The fourth-order valence-electron chi connectivity index (χ4n) is 0.404. The third kappa shape index (κ3) is 9.15. The number of carbonyl (C=O) groups is 1. The van der Waals surface area contributed by atoms with Crippen molar-refractivity contribution < 1.29 is 21.8 Å². The summed E-state index contributed by atoms with van der Waals surface area (Å²) in [6, 6.07) is 0. The van der Waals surface area contributed by atoms with E-state index in [-0.39, 0.29) is 13.0 Å². The van der Waals surface area contributed by atoms with Crippen LogP contribution in [0.1, 0.15) is 6.42 Å². The van der Waals surface area contributed by atoms with Gasteiger partial charge in [-0.15, -0.1) is 3.89 Å². The van der Waals surface area contributed by atoms with E-state index in [4.69, 9.17) is 0 Å². The summed E-state index contributed by atoms with van der Waals surface area (Å²) >= 11 is 0. The lowest BCUT2D eigenvalue weighted by Crippen LogP contribution is -2.15. The van der Waals surface area contributed by atoms with E-state index in [9.17, 15) is 17.1 Å². The fourth-order valence-corrected chi connectivity index (χ4v) is 0.867. The summed E-state index contributed by atoms with van der Waals surface area (Å²) in [7, 11) is -4.45. The first-order chi connectivity index (χ1) is 4.92. The molecule has 0 heterocycles. The van der Waals surface area contributed by atoms with Gasteiger partial charge in [-0.1, -0.05) is 0 Å². The maximum absolute atomic E-state index is 11.7. The molecule has 0 spiro atoms. The third-order valence-corrected chi connectivity index (χ3v) is 1.55. The van der Waals surface area contributed by atoms with Crippen LogP contribution in [-0.2, 0) is 15.0 Å². The monoisotopic (exact) mass is 185 g/mol. The Hall–Kier alpha value is -0.850. The van der Waals surface area contributed by atoms with Crippen molar-refractivity contribution in [2.24, 2.45) is 5.73 Å². The molecule has 2 N–H and O–H groups in total. The van der Waals surface area contributed by atoms with Crippen LogP contribution >= 0.6 is 0 Å². The van der Waals surface area contributed by atoms with Gasteiger partial charge in [0.15, 0.2) is 0 Å². The molecule has 0 fully saturated rings. The van der Waals surface area contributed by atoms with E-state index < -0.39 is 22.1 Å². The molecular formula is C4H8FNO4S. The van der Waals surface area contributed by atoms with Crippen molar-refractivity contribution in [1.29, 1.82) is 0 Å². The van der Waals surface area contributed by atoms with E-state index in [0.29, 0.717) is 0 Å². The lowest BCUT2D eigenvalue weighted by Gasteiger charge is -1.97. The standard InChI is InChI=1S/C4H8FNO4S/c5-11(8,9)3-1-2-10-4(6)7/h1-3H2,(H2,6,7). The van der Waals surface area contributed by atoms with Crippen molar-refractivity contribution in [2.75, 3.05) is 12.4 Å². The molecule has 0 aliphatic carbocycles. The lowest BCUT2D eigenvalue weighted by molar-refractivity contribution is 0.157. The number of carbonyl (C=O) groups excluding carboxylic acids is 1. The number of primary amides is 1. The first-order valence-corrected chi connectivity index (χ1v) is 4.31. The van der Waals surface area contributed by atoms with Crippen LogP contribution in [0.2, 0.25) is 0 Å². The van der Waals surface area contributed by atoms with Crippen LogP contribution in [-0.4, -0.2) is 26.9 Å². The SMILES string of the molecule is NC(=O)OCCCS(=O)(=O)F. The molecule has 66 valence electrons. The van der Waals surface area contributed by atoms with Crippen LogP contribution in [0, 0.1) is 0 Å². The molecule has 0 aliphatic heterocycles. The van der Waals surface area contributed by atoms with Crippen LogP contribution < -0.4 is 5.73 Å². The van der Waals surface area contributed by atoms with Gasteiger partial charge in [0, 0.05) is 0 Å². The zero-order chi connectivity index (χ0) is 8.91. The molecule has 0 atom stereocenters. The van der Waals surface area contributed by atoms with Crippen LogP contribution in [0.4, 0.5) is 8.68 Å². The van der Waals surface area contributed by atoms with Gasteiger partial charge in [0.25, 0.3) is 0 Å². The Morgan fingerprint density at radius 1 is 1.55 bits per heavy atom. The Balaban J connectivity index is 3.37. The number of halogens is 1. The quantitative estimate of drug-likeness (QED) is 0.484. The Morgan fingerprint density at radius 3 is 2.45 bits per heavy atom. The molecule has 11 heavy (non-hydrogen) atoms. The second-order valence-electron chi connectivity index (χ2n) is 1.76. The minimum Gasteiger partial charge on any atom is -0.450 e. The summed E-state index contributed by atoms with van der Waals surface area (Å²) in [5, 5.41) is 0. The number of hydrogen-bond acceptors (Lipinski definition) is 4. The zero-order valence-electron chi connectivity index (χ0n) is 5.62. The van der Waals surface area contributed by atoms with E-state index in [1.54, 1.807) is 0 Å². The van der Waals surface area contributed by atoms with E-state index in [0.717, 1.165) is 0 Å². The normalized spacial score (nSPS) is 11.0. The van der Waals surface area contributed by atoms with Gasteiger partial charge in [0.2, 0.25) is 0 Å². The molecule has 0 aromatic rings. The molecule has 5 nitrogen and oxygen atoms in total. The van der Waals surface area contributed by atoms with E-state index in [1.807, 2.05) is 0 Å². The van der Waals surface area contributed by atoms with Crippen LogP contribution in [0.25, 0.3) is 0 Å². The second-order valence-corrected chi connectivity index (χ2v) is 3.25. The van der Waals surface area contributed by atoms with Gasteiger partial charge < -0.3 is 10.5 Å². The largest absolute Gasteiger partial charge is 0.450 e. The second kappa shape index (κ2) is 4.12. The average molecular weight is 185 g/mol. The Labute approximate surface area is 63.5 Å². The molecule has 0 saturated carbocycles. The Bertz CT molecular complexity index is 224. The van der Waals surface area contributed by atoms with E-state index in [1.165, 1.54) is 0 Å². The highest BCUT2D eigenvalue weighted by atomic mass is 32.3. The van der Waals surface area contributed by atoms with Crippen molar-refractivity contribution in [3.63, 3.8) is 0 Å². The molecule has 0 unspecified atom stereocenters. The average Bonchev–Trinajstić information content (AvgIpc) is 1.78. The minimum atomic E-state index is -4.45. The highest BCUT2D eigenvalue weighted by Gasteiger charge is 2.06. The smallest absolute Gasteiger partial charge is 0.404 e. The van der Waals surface area contributed by atoms with Crippen molar-refractivity contribution in [3.8, 4) is 0 Å².